The van der Waals surface area contributed by atoms with Gasteiger partial charge in [-0.05, 0) is 42.8 Å². The fourth-order valence-electron chi connectivity index (χ4n) is 3.14. The first-order chi connectivity index (χ1) is 13.4. The minimum atomic E-state index is -3.42. The smallest absolute Gasteiger partial charge is 0.251 e. The molecule has 7 nitrogen and oxygen atoms in total. The Labute approximate surface area is 173 Å². The summed E-state index contributed by atoms with van der Waals surface area (Å²) in [6.45, 7) is 3.95. The largest absolute Gasteiger partial charge is 0.354 e. The summed E-state index contributed by atoms with van der Waals surface area (Å²) in [5.74, 6) is 0.481. The Hall–Kier alpha value is -1.97. The molecular formula is C19H23BrN4O3S. The van der Waals surface area contributed by atoms with Gasteiger partial charge in [0.05, 0.1) is 5.75 Å². The maximum absolute atomic E-state index is 12.6. The van der Waals surface area contributed by atoms with Crippen molar-refractivity contribution in [2.24, 2.45) is 0 Å². The van der Waals surface area contributed by atoms with Gasteiger partial charge in [0, 0.05) is 49.0 Å². The molecule has 0 unspecified atom stereocenters. The van der Waals surface area contributed by atoms with Crippen LogP contribution < -0.4 is 10.2 Å². The van der Waals surface area contributed by atoms with E-state index in [4.69, 9.17) is 0 Å². The Balaban J connectivity index is 1.50. The third-order valence-corrected chi connectivity index (χ3v) is 7.05. The molecule has 150 valence electrons. The highest BCUT2D eigenvalue weighted by Gasteiger charge is 2.27. The van der Waals surface area contributed by atoms with E-state index >= 15 is 0 Å². The van der Waals surface area contributed by atoms with Gasteiger partial charge < -0.3 is 10.2 Å². The highest BCUT2D eigenvalue weighted by atomic mass is 79.9. The number of hydrogen-bond donors (Lipinski definition) is 1. The van der Waals surface area contributed by atoms with Gasteiger partial charge in [0.1, 0.15) is 5.82 Å². The average molecular weight is 467 g/mol. The zero-order valence-corrected chi connectivity index (χ0v) is 18.0. The Morgan fingerprint density at radius 3 is 2.57 bits per heavy atom. The van der Waals surface area contributed by atoms with E-state index in [0.29, 0.717) is 31.7 Å². The number of carbonyl (C=O) groups excluding carboxylic acids is 1. The fourth-order valence-corrected chi connectivity index (χ4v) is 4.95. The third kappa shape index (κ3) is 5.09. The number of sulfonamides is 1. The number of amides is 1. The van der Waals surface area contributed by atoms with Gasteiger partial charge in [0.2, 0.25) is 10.0 Å². The summed E-state index contributed by atoms with van der Waals surface area (Å²) in [5, 5.41) is 2.71. The first-order valence-corrected chi connectivity index (χ1v) is 11.5. The van der Waals surface area contributed by atoms with Crippen molar-refractivity contribution >= 4 is 37.7 Å². The van der Waals surface area contributed by atoms with E-state index in [1.165, 1.54) is 4.31 Å². The first-order valence-electron chi connectivity index (χ1n) is 9.05. The van der Waals surface area contributed by atoms with Gasteiger partial charge in [-0.3, -0.25) is 4.79 Å². The molecule has 0 atom stereocenters. The molecule has 1 amide bonds. The van der Waals surface area contributed by atoms with Crippen LogP contribution in [-0.2, 0) is 10.0 Å². The molecule has 28 heavy (non-hydrogen) atoms. The number of aromatic nitrogens is 1. The van der Waals surface area contributed by atoms with Gasteiger partial charge >= 0.3 is 0 Å². The predicted octanol–water partition coefficient (Wildman–Crippen LogP) is 2.03. The van der Waals surface area contributed by atoms with Gasteiger partial charge in [-0.15, -0.1) is 0 Å². The lowest BCUT2D eigenvalue weighted by atomic mass is 10.1. The molecule has 1 aliphatic rings. The minimum Gasteiger partial charge on any atom is -0.354 e. The van der Waals surface area contributed by atoms with Crippen LogP contribution in [0.25, 0.3) is 0 Å². The predicted molar refractivity (Wildman–Crippen MR) is 113 cm³/mol. The number of anilines is 1. The molecule has 1 fully saturated rings. The van der Waals surface area contributed by atoms with E-state index in [1.54, 1.807) is 18.3 Å². The number of halogens is 1. The zero-order valence-electron chi connectivity index (χ0n) is 15.6. The van der Waals surface area contributed by atoms with E-state index in [0.717, 1.165) is 15.9 Å². The summed E-state index contributed by atoms with van der Waals surface area (Å²) in [7, 11) is -3.42. The summed E-state index contributed by atoms with van der Waals surface area (Å²) in [4.78, 5) is 18.7. The maximum Gasteiger partial charge on any atom is 0.251 e. The SMILES string of the molecule is Cc1cc(Br)ccc1C(=O)NCCS(=O)(=O)N1CCN(c2ccccn2)CC1. The standard InChI is InChI=1S/C19H23BrN4O3S/c1-15-14-16(20)5-6-17(15)19(25)22-8-13-28(26,27)24-11-9-23(10-12-24)18-4-2-3-7-21-18/h2-7,14H,8-13H2,1H3,(H,22,25). The number of piperazine rings is 1. The van der Waals surface area contributed by atoms with Crippen LogP contribution in [0, 0.1) is 6.92 Å². The molecule has 2 aromatic rings. The molecule has 0 bridgehead atoms. The first kappa shape index (κ1) is 20.8. The summed E-state index contributed by atoms with van der Waals surface area (Å²) in [5.41, 5.74) is 1.38. The Morgan fingerprint density at radius 1 is 1.18 bits per heavy atom. The topological polar surface area (TPSA) is 82.6 Å². The fraction of sp³-hybridized carbons (Fsp3) is 0.368. The lowest BCUT2D eigenvalue weighted by molar-refractivity contribution is 0.0955. The van der Waals surface area contributed by atoms with Gasteiger partial charge in [0.25, 0.3) is 5.91 Å². The van der Waals surface area contributed by atoms with E-state index in [1.807, 2.05) is 31.2 Å². The minimum absolute atomic E-state index is 0.0805. The van der Waals surface area contributed by atoms with Crippen LogP contribution in [0.3, 0.4) is 0 Å². The van der Waals surface area contributed by atoms with Gasteiger partial charge in [-0.1, -0.05) is 22.0 Å². The highest BCUT2D eigenvalue weighted by Crippen LogP contribution is 2.16. The molecule has 0 aliphatic carbocycles. The van der Waals surface area contributed by atoms with Crippen molar-refractivity contribution in [3.05, 3.63) is 58.2 Å². The van der Waals surface area contributed by atoms with Crippen molar-refractivity contribution in [2.75, 3.05) is 43.4 Å². The quantitative estimate of drug-likeness (QED) is 0.703. The Morgan fingerprint density at radius 2 is 1.93 bits per heavy atom. The molecule has 9 heteroatoms. The number of hydrogen-bond acceptors (Lipinski definition) is 5. The molecule has 0 saturated carbocycles. The second-order valence-electron chi connectivity index (χ2n) is 6.61. The summed E-state index contributed by atoms with van der Waals surface area (Å²) in [6, 6.07) is 11.1. The molecule has 2 heterocycles. The Bertz CT molecular complexity index is 929. The van der Waals surface area contributed by atoms with Crippen molar-refractivity contribution in [1.29, 1.82) is 0 Å². The number of rotatable bonds is 6. The van der Waals surface area contributed by atoms with Crippen LogP contribution in [0.5, 0.6) is 0 Å². The monoisotopic (exact) mass is 466 g/mol. The lowest BCUT2D eigenvalue weighted by Crippen LogP contribution is -2.50. The van der Waals surface area contributed by atoms with Crippen molar-refractivity contribution in [3.8, 4) is 0 Å². The van der Waals surface area contributed by atoms with E-state index in [-0.39, 0.29) is 18.2 Å². The molecule has 1 aromatic heterocycles. The zero-order chi connectivity index (χ0) is 20.1. The molecule has 0 radical (unpaired) electrons. The van der Waals surface area contributed by atoms with Gasteiger partial charge in [0.15, 0.2) is 0 Å². The number of carbonyl (C=O) groups is 1. The Kier molecular flexibility index (Phi) is 6.69. The number of pyridine rings is 1. The molecule has 0 spiro atoms. The van der Waals surface area contributed by atoms with E-state index in [9.17, 15) is 13.2 Å². The van der Waals surface area contributed by atoms with E-state index in [2.05, 4.69) is 31.1 Å². The third-order valence-electron chi connectivity index (χ3n) is 4.68. The summed E-state index contributed by atoms with van der Waals surface area (Å²) < 4.78 is 27.6. The molecule has 3 rings (SSSR count). The number of aryl methyl sites for hydroxylation is 1. The summed E-state index contributed by atoms with van der Waals surface area (Å²) in [6.07, 6.45) is 1.73. The normalized spacial score (nSPS) is 15.4. The van der Waals surface area contributed by atoms with Crippen molar-refractivity contribution in [3.63, 3.8) is 0 Å². The van der Waals surface area contributed by atoms with Crippen molar-refractivity contribution < 1.29 is 13.2 Å². The van der Waals surface area contributed by atoms with Crippen LogP contribution in [0.1, 0.15) is 15.9 Å². The van der Waals surface area contributed by atoms with Crippen LogP contribution in [0.4, 0.5) is 5.82 Å². The van der Waals surface area contributed by atoms with E-state index < -0.39 is 10.0 Å². The molecule has 1 N–H and O–H groups in total. The molecular weight excluding hydrogens is 444 g/mol. The van der Waals surface area contributed by atoms with Gasteiger partial charge in [-0.25, -0.2) is 13.4 Å². The number of nitrogens with one attached hydrogen (secondary N) is 1. The van der Waals surface area contributed by atoms with Crippen LogP contribution in [0.15, 0.2) is 47.1 Å². The second kappa shape index (κ2) is 9.02. The van der Waals surface area contributed by atoms with Crippen molar-refractivity contribution in [1.82, 2.24) is 14.6 Å². The van der Waals surface area contributed by atoms with Gasteiger partial charge in [-0.2, -0.15) is 4.31 Å². The van der Waals surface area contributed by atoms with Crippen LogP contribution in [0.2, 0.25) is 0 Å². The second-order valence-corrected chi connectivity index (χ2v) is 9.61. The van der Waals surface area contributed by atoms with Crippen LogP contribution >= 0.6 is 15.9 Å². The molecule has 1 aromatic carbocycles. The maximum atomic E-state index is 12.6. The highest BCUT2D eigenvalue weighted by molar-refractivity contribution is 9.10. The molecule has 1 saturated heterocycles. The average Bonchev–Trinajstić information content (AvgIpc) is 2.68. The number of nitrogens with zero attached hydrogens (tertiary/aromatic N) is 3. The lowest BCUT2D eigenvalue weighted by Gasteiger charge is -2.34. The van der Waals surface area contributed by atoms with Crippen molar-refractivity contribution in [2.45, 2.75) is 6.92 Å². The number of benzene rings is 1. The van der Waals surface area contributed by atoms with Crippen LogP contribution in [-0.4, -0.2) is 62.1 Å². The molecule has 1 aliphatic heterocycles. The summed E-state index contributed by atoms with van der Waals surface area (Å²) >= 11 is 3.36.